The van der Waals surface area contributed by atoms with Crippen molar-refractivity contribution < 1.29 is 180 Å². The lowest BCUT2D eigenvalue weighted by molar-refractivity contribution is -0.335. The quantitative estimate of drug-likeness (QED) is 0.0144. The van der Waals surface area contributed by atoms with Crippen LogP contribution in [0.5, 0.6) is 0 Å². The molecule has 4 amide bonds. The van der Waals surface area contributed by atoms with Gasteiger partial charge in [-0.15, -0.1) is 10.2 Å². The van der Waals surface area contributed by atoms with Gasteiger partial charge in [0.15, 0.2) is 37.4 Å². The van der Waals surface area contributed by atoms with Crippen molar-refractivity contribution in [2.75, 3.05) is 80.3 Å². The van der Waals surface area contributed by atoms with Gasteiger partial charge < -0.3 is 173 Å². The van der Waals surface area contributed by atoms with Crippen LogP contribution < -0.4 is 43.8 Å². The molecule has 4 saturated heterocycles. The van der Waals surface area contributed by atoms with Gasteiger partial charge in [0.1, 0.15) is 133 Å². The van der Waals surface area contributed by atoms with E-state index >= 15 is 0 Å². The second-order valence-corrected chi connectivity index (χ2v) is 36.2. The van der Waals surface area contributed by atoms with E-state index in [1.54, 1.807) is 0 Å². The summed E-state index contributed by atoms with van der Waals surface area (Å²) in [4.78, 5) is 168. The van der Waals surface area contributed by atoms with E-state index in [1.165, 1.54) is 26.2 Å². The zero-order valence-corrected chi connectivity index (χ0v) is 77.9. The smallest absolute Gasteiger partial charge is 0.332 e. The van der Waals surface area contributed by atoms with E-state index in [2.05, 4.69) is 51.9 Å². The van der Waals surface area contributed by atoms with Crippen LogP contribution in [0, 0.1) is 23.7 Å². The Balaban J connectivity index is 0.617. The second-order valence-electron chi connectivity index (χ2n) is 36.2. The highest BCUT2D eigenvalue weighted by Crippen LogP contribution is 2.41. The number of ether oxygens (including phenoxy) is 17. The molecule has 4 aromatic rings. The molecule has 12 rings (SSSR count). The van der Waals surface area contributed by atoms with E-state index in [9.17, 15) is 119 Å². The minimum absolute atomic E-state index is 0.0193. The van der Waals surface area contributed by atoms with Crippen LogP contribution in [0.3, 0.4) is 0 Å². The lowest BCUT2D eigenvalue weighted by Gasteiger charge is -2.49. The maximum atomic E-state index is 14.5. The van der Waals surface area contributed by atoms with E-state index in [0.717, 1.165) is 74.2 Å². The third kappa shape index (κ3) is 30.3. The van der Waals surface area contributed by atoms with E-state index < -0.39 is 291 Å². The summed E-state index contributed by atoms with van der Waals surface area (Å²) in [7, 11) is 2.17. The molecule has 0 aromatic carbocycles. The second kappa shape index (κ2) is 52.8. The molecule has 12 unspecified atom stereocenters. The summed E-state index contributed by atoms with van der Waals surface area (Å²) in [6, 6.07) is -4.78. The molecule has 0 bridgehead atoms. The number of carboxylic acid groups (broad SMARTS) is 2. The molecule has 788 valence electrons. The van der Waals surface area contributed by atoms with Crippen molar-refractivity contribution in [2.45, 2.75) is 314 Å². The Hall–Kier alpha value is -9.60. The zero-order chi connectivity index (χ0) is 101. The highest BCUT2D eigenvalue weighted by Gasteiger charge is 2.57. The normalized spacial score (nSPS) is 32.2. The number of hydrogen-bond donors (Lipinski definition) is 20. The number of hydrogen-bond acceptors (Lipinski definition) is 43. The number of H-pyrrole nitrogens is 4. The number of carboxylic acids is 2. The number of aliphatic hydroxyl groups excluding tert-OH is 10. The number of carbonyl (C=O) groups is 8. The standard InChI is InChI=1S/C86H128N14O41/c1-39-63(107)67(111)69(113)83(132-39)140-71-47(87-75(115)49-29-57(103)93-85(123)89-49)25-43(79(121)125-3)27-51(71)136-81-61(73(65(109)55(35-101)138-81)134-53(77(117)118)23-41-11-7-5-8-12-41)91-59(105)33-99-31-45(95-97-99)37-130-21-19-128-17-15-127-16-18-129-20-22-131-38-46-32-100(98-96-46)34-60(106)92-62-74(135-54(78(119)120)24-42-13-9-6-10-14-42)66(110)56(36-102)139-82(62)137-52-28-44(80(122)126-4)26-48(88-76(116)50-30-58(104)94-86(124)90-50)72(52)141-84-70(114)68(112)64(108)40(2)133-84/h29-32,39-44,47-48,51-56,61-74,81-84,101-102,107-114H,5-28,33-38H2,1-4H3,(H,87,115)(H,88,116)(H,91,105)(H,92,106)(H,117,118)(H,119,120)(H2,89,93,103,123)(H2,90,94,104,124)/t39?,40?,43?,44?,47?,48?,51-,52-,53+,54+,55+,56+,61?,62?,63-,64-,65+,66+,67+,68+,69?,70?,71-,72-,73?,74?,81-,82-,83+,84+/m1/s1. The number of aromatic nitrogens is 10. The molecule has 0 spiro atoms. The lowest BCUT2D eigenvalue weighted by atomic mass is 9.81. The third-order valence-electron chi connectivity index (χ3n) is 26.0. The van der Waals surface area contributed by atoms with Gasteiger partial charge in [0.25, 0.3) is 22.9 Å². The van der Waals surface area contributed by atoms with Crippen LogP contribution in [0.15, 0.2) is 43.7 Å². The van der Waals surface area contributed by atoms with Gasteiger partial charge in [-0.25, -0.2) is 28.5 Å². The van der Waals surface area contributed by atoms with Crippen molar-refractivity contribution in [2.24, 2.45) is 23.7 Å². The number of carbonyl (C=O) groups excluding carboxylic acids is 6. The number of aliphatic hydroxyl groups is 10. The Morgan fingerprint density at radius 2 is 0.801 bits per heavy atom. The Kier molecular flexibility index (Phi) is 41.2. The molecule has 4 saturated carbocycles. The molecule has 20 N–H and O–H groups in total. The molecule has 141 heavy (non-hydrogen) atoms. The largest absolute Gasteiger partial charge is 0.479 e. The van der Waals surface area contributed by atoms with Gasteiger partial charge in [-0.1, -0.05) is 74.6 Å². The average molecular weight is 2010 g/mol. The molecule has 8 heterocycles. The van der Waals surface area contributed by atoms with Crippen LogP contribution >= 0.6 is 0 Å². The van der Waals surface area contributed by atoms with Crippen LogP contribution in [-0.4, -0.2) is 410 Å². The monoisotopic (exact) mass is 2010 g/mol. The van der Waals surface area contributed by atoms with Gasteiger partial charge in [-0.05, 0) is 64.2 Å². The fourth-order valence-corrected chi connectivity index (χ4v) is 18.7. The molecule has 0 radical (unpaired) electrons. The first kappa shape index (κ1) is 110. The summed E-state index contributed by atoms with van der Waals surface area (Å²) >= 11 is 0. The number of aliphatic carboxylic acids is 2. The fraction of sp³-hybridized carbons (Fsp3) is 0.767. The molecule has 55 heteroatoms. The van der Waals surface area contributed by atoms with E-state index in [0.29, 0.717) is 25.7 Å². The number of nitrogens with zero attached hydrogens (tertiary/aromatic N) is 6. The molecular weight excluding hydrogens is 1890 g/mol. The summed E-state index contributed by atoms with van der Waals surface area (Å²) in [6.45, 7) is 0.387. The van der Waals surface area contributed by atoms with Gasteiger partial charge in [0.2, 0.25) is 11.8 Å². The van der Waals surface area contributed by atoms with Gasteiger partial charge >= 0.3 is 35.3 Å². The number of methoxy groups -OCH3 is 2. The number of nitrogens with one attached hydrogen (secondary N) is 8. The minimum Gasteiger partial charge on any atom is -0.479 e. The summed E-state index contributed by atoms with van der Waals surface area (Å²) in [5.74, 6) is -11.1. The predicted octanol–water partition coefficient (Wildman–Crippen LogP) is -7.89. The molecule has 8 fully saturated rings. The van der Waals surface area contributed by atoms with Crippen molar-refractivity contribution in [1.29, 1.82) is 0 Å². The van der Waals surface area contributed by atoms with Gasteiger partial charge in [-0.3, -0.25) is 48.3 Å². The van der Waals surface area contributed by atoms with Gasteiger partial charge in [0, 0.05) is 12.1 Å². The first-order valence-corrected chi connectivity index (χ1v) is 46.9. The molecule has 8 aliphatic rings. The van der Waals surface area contributed by atoms with Crippen LogP contribution in [0.4, 0.5) is 0 Å². The molecule has 4 aromatic heterocycles. The number of aromatic amines is 4. The molecule has 55 nitrogen and oxygen atoms in total. The van der Waals surface area contributed by atoms with Crippen molar-refractivity contribution in [3.8, 4) is 0 Å². The SMILES string of the molecule is COC(=O)C1CC(NC(=O)c2cc(=O)[nH]c(=O)[nH]2)[C@@H](O[C@@H]2OC(C)[C@@H](O)[C@H](O)C2O)[C@H](O[C@@H]2O[C@@H](CO)[C@H](O)C(O[C@@H](CC3CCCCC3)C(=O)O)C2NC(=O)Cn2cc(COCCOCCOCCOCCOCc3cn(CC(=O)NC4C(O[C@@H](CC5CCCCC5)C(=O)O)[C@@H](O)[C@H](CO)O[C@H]4O[C@@H]4CC(C(=O)OC)CC(NC(=O)c5cc(=O)[nH]c(=O)[nH]5)[C@H]4O[C@@H]4OC(C)[C@@H](O)[C@H](O)C4O)nn3)nn2)C1. The summed E-state index contributed by atoms with van der Waals surface area (Å²) in [5.41, 5.74) is -4.62. The summed E-state index contributed by atoms with van der Waals surface area (Å²) in [6.07, 6.45) is -31.7. The minimum atomic E-state index is -1.98. The molecule has 4 aliphatic heterocycles. The third-order valence-corrected chi connectivity index (χ3v) is 26.0. The van der Waals surface area contributed by atoms with Crippen molar-refractivity contribution in [3.05, 3.63) is 89.0 Å². The van der Waals surface area contributed by atoms with Crippen LogP contribution in [-0.2, 0) is 136 Å². The van der Waals surface area contributed by atoms with Gasteiger partial charge in [0.05, 0.1) is 154 Å². The summed E-state index contributed by atoms with van der Waals surface area (Å²) < 4.78 is 104. The average Bonchev–Trinajstić information content (AvgIpc) is 1.16. The van der Waals surface area contributed by atoms with Crippen LogP contribution in [0.25, 0.3) is 0 Å². The first-order valence-electron chi connectivity index (χ1n) is 46.9. The van der Waals surface area contributed by atoms with Crippen molar-refractivity contribution in [1.82, 2.24) is 71.2 Å². The lowest BCUT2D eigenvalue weighted by Crippen LogP contribution is -2.68. The highest BCUT2D eigenvalue weighted by molar-refractivity contribution is 5.93. The van der Waals surface area contributed by atoms with Gasteiger partial charge in [-0.2, -0.15) is 0 Å². The molecule has 4 aliphatic carbocycles. The number of amides is 4. The fourth-order valence-electron chi connectivity index (χ4n) is 18.7. The van der Waals surface area contributed by atoms with Crippen molar-refractivity contribution >= 4 is 47.5 Å². The Morgan fingerprint density at radius 3 is 1.14 bits per heavy atom. The zero-order valence-electron chi connectivity index (χ0n) is 77.9. The Labute approximate surface area is 803 Å². The topological polar surface area (TPSA) is 777 Å². The Bertz CT molecular complexity index is 4600. The number of rotatable bonds is 48. The van der Waals surface area contributed by atoms with E-state index in [-0.39, 0.29) is 128 Å². The molecule has 30 atom stereocenters. The maximum Gasteiger partial charge on any atom is 0.332 e. The number of esters is 2. The highest BCUT2D eigenvalue weighted by atomic mass is 16.8. The summed E-state index contributed by atoms with van der Waals surface area (Å²) in [5, 5.41) is 160. The van der Waals surface area contributed by atoms with Crippen molar-refractivity contribution in [3.63, 3.8) is 0 Å². The predicted molar refractivity (Wildman–Crippen MR) is 466 cm³/mol. The van der Waals surface area contributed by atoms with E-state index in [4.69, 9.17) is 80.5 Å². The van der Waals surface area contributed by atoms with Crippen LogP contribution in [0.2, 0.25) is 0 Å². The Morgan fingerprint density at radius 1 is 0.440 bits per heavy atom. The first-order chi connectivity index (χ1) is 67.6. The maximum absolute atomic E-state index is 14.5. The molecular formula is C86H128N14O41. The van der Waals surface area contributed by atoms with Crippen LogP contribution in [0.1, 0.15) is 149 Å². The van der Waals surface area contributed by atoms with E-state index in [1.807, 2.05) is 9.97 Å².